The van der Waals surface area contributed by atoms with Crippen LogP contribution in [0.5, 0.6) is 0 Å². The van der Waals surface area contributed by atoms with E-state index in [2.05, 4.69) is 10.6 Å². The van der Waals surface area contributed by atoms with Gasteiger partial charge >= 0.3 is 6.03 Å². The smallest absolute Gasteiger partial charge is 0.321 e. The van der Waals surface area contributed by atoms with Gasteiger partial charge in [0, 0.05) is 6.54 Å². The fourth-order valence-electron chi connectivity index (χ4n) is 3.11. The van der Waals surface area contributed by atoms with Gasteiger partial charge in [0.05, 0.1) is 0 Å². The number of alkyl halides is 1. The van der Waals surface area contributed by atoms with Crippen LogP contribution < -0.4 is 10.6 Å². The highest BCUT2D eigenvalue weighted by molar-refractivity contribution is 6.31. The van der Waals surface area contributed by atoms with Gasteiger partial charge in [0.2, 0.25) is 5.91 Å². The minimum absolute atomic E-state index is 0.426. The van der Waals surface area contributed by atoms with Gasteiger partial charge < -0.3 is 5.32 Å². The van der Waals surface area contributed by atoms with Crippen molar-refractivity contribution in [1.29, 1.82) is 0 Å². The van der Waals surface area contributed by atoms with E-state index in [1.54, 1.807) is 6.92 Å². The van der Waals surface area contributed by atoms with Crippen molar-refractivity contribution < 1.29 is 9.59 Å². The third-order valence-corrected chi connectivity index (χ3v) is 4.21. The van der Waals surface area contributed by atoms with Crippen LogP contribution in [0.2, 0.25) is 0 Å². The molecule has 0 spiro atoms. The Labute approximate surface area is 106 Å². The van der Waals surface area contributed by atoms with Crippen LogP contribution in [0.25, 0.3) is 0 Å². The lowest BCUT2D eigenvalue weighted by Crippen LogP contribution is -2.44. The molecule has 2 N–H and O–H groups in total. The Bertz CT molecular complexity index is 320. The minimum atomic E-state index is -0.678. The van der Waals surface area contributed by atoms with Crippen molar-refractivity contribution in [3.63, 3.8) is 0 Å². The van der Waals surface area contributed by atoms with Crippen LogP contribution >= 0.6 is 11.6 Å². The van der Waals surface area contributed by atoms with Crippen LogP contribution in [0, 0.1) is 17.8 Å². The first-order valence-corrected chi connectivity index (χ1v) is 6.72. The fourth-order valence-corrected chi connectivity index (χ4v) is 3.16. The summed E-state index contributed by atoms with van der Waals surface area (Å²) in [6, 6.07) is -0.426. The van der Waals surface area contributed by atoms with Crippen LogP contribution in [0.4, 0.5) is 4.79 Å². The molecular weight excluding hydrogens is 240 g/mol. The SMILES string of the molecule is CC(Cl)C(=O)NC(=O)NCC1CC2CCC1C2. The zero-order valence-electron chi connectivity index (χ0n) is 10.0. The first kappa shape index (κ1) is 12.7. The Balaban J connectivity index is 1.68. The van der Waals surface area contributed by atoms with Crippen LogP contribution in [-0.4, -0.2) is 23.9 Å². The maximum Gasteiger partial charge on any atom is 0.321 e. The van der Waals surface area contributed by atoms with Crippen molar-refractivity contribution in [2.24, 2.45) is 17.8 Å². The number of imide groups is 1. The van der Waals surface area contributed by atoms with Crippen LogP contribution in [0.15, 0.2) is 0 Å². The zero-order valence-corrected chi connectivity index (χ0v) is 10.8. The summed E-state index contributed by atoms with van der Waals surface area (Å²) in [7, 11) is 0. The summed E-state index contributed by atoms with van der Waals surface area (Å²) in [6.45, 7) is 2.22. The van der Waals surface area contributed by atoms with E-state index in [-0.39, 0.29) is 0 Å². The summed E-state index contributed by atoms with van der Waals surface area (Å²) < 4.78 is 0. The molecule has 2 bridgehead atoms. The summed E-state index contributed by atoms with van der Waals surface area (Å²) >= 11 is 5.56. The molecule has 2 aliphatic carbocycles. The Hall–Kier alpha value is -0.770. The molecule has 2 fully saturated rings. The zero-order chi connectivity index (χ0) is 12.4. The molecule has 3 amide bonds. The summed E-state index contributed by atoms with van der Waals surface area (Å²) in [5, 5.41) is 4.31. The number of urea groups is 1. The maximum absolute atomic E-state index is 11.4. The highest BCUT2D eigenvalue weighted by Gasteiger charge is 2.39. The molecule has 0 aromatic heterocycles. The Kier molecular flexibility index (Phi) is 3.92. The molecule has 5 heteroatoms. The molecule has 0 saturated heterocycles. The Morgan fingerprint density at radius 3 is 2.65 bits per heavy atom. The van der Waals surface area contributed by atoms with Gasteiger partial charge in [-0.15, -0.1) is 11.6 Å². The average molecular weight is 259 g/mol. The molecule has 4 atom stereocenters. The number of nitrogens with one attached hydrogen (secondary N) is 2. The molecule has 0 aromatic rings. The first-order chi connectivity index (χ1) is 8.06. The topological polar surface area (TPSA) is 58.2 Å². The Morgan fingerprint density at radius 1 is 1.35 bits per heavy atom. The number of carbonyl (C=O) groups excluding carboxylic acids is 2. The van der Waals surface area contributed by atoms with Crippen molar-refractivity contribution in [2.45, 2.75) is 38.0 Å². The number of halogens is 1. The van der Waals surface area contributed by atoms with Gasteiger partial charge in [-0.2, -0.15) is 0 Å². The van der Waals surface area contributed by atoms with E-state index in [0.29, 0.717) is 12.5 Å². The second-order valence-corrected chi connectivity index (χ2v) is 5.90. The standard InChI is InChI=1S/C12H19ClN2O2/c1-7(13)11(16)15-12(17)14-6-10-5-8-2-3-9(10)4-8/h7-10H,2-6H2,1H3,(H2,14,15,16,17). The van der Waals surface area contributed by atoms with Crippen LogP contribution in [0.1, 0.15) is 32.6 Å². The lowest BCUT2D eigenvalue weighted by molar-refractivity contribution is -0.119. The number of fused-ring (bicyclic) bond motifs is 2. The lowest BCUT2D eigenvalue weighted by Gasteiger charge is -2.21. The van der Waals surface area contributed by atoms with Gasteiger partial charge in [-0.1, -0.05) is 6.42 Å². The molecule has 4 unspecified atom stereocenters. The molecule has 0 aliphatic heterocycles. The van der Waals surface area contributed by atoms with Crippen molar-refractivity contribution in [3.05, 3.63) is 0 Å². The monoisotopic (exact) mass is 258 g/mol. The number of amides is 3. The van der Waals surface area contributed by atoms with E-state index in [0.717, 1.165) is 11.8 Å². The highest BCUT2D eigenvalue weighted by Crippen LogP contribution is 2.47. The van der Waals surface area contributed by atoms with E-state index in [1.807, 2.05) is 0 Å². The molecule has 2 aliphatic rings. The molecule has 96 valence electrons. The van der Waals surface area contributed by atoms with Gasteiger partial charge in [-0.05, 0) is 43.9 Å². The predicted molar refractivity (Wildman–Crippen MR) is 65.8 cm³/mol. The predicted octanol–water partition coefficient (Wildman–Crippen LogP) is 1.88. The van der Waals surface area contributed by atoms with Crippen LogP contribution in [-0.2, 0) is 4.79 Å². The third-order valence-electron chi connectivity index (χ3n) is 4.01. The summed E-state index contributed by atoms with van der Waals surface area (Å²) in [5.41, 5.74) is 0. The van der Waals surface area contributed by atoms with Gasteiger partial charge in [-0.25, -0.2) is 4.79 Å². The van der Waals surface area contributed by atoms with Crippen molar-refractivity contribution in [3.8, 4) is 0 Å². The normalized spacial score (nSPS) is 32.2. The maximum atomic E-state index is 11.4. The van der Waals surface area contributed by atoms with Gasteiger partial charge in [-0.3, -0.25) is 10.1 Å². The minimum Gasteiger partial charge on any atom is -0.338 e. The number of rotatable bonds is 3. The van der Waals surface area contributed by atoms with Crippen molar-refractivity contribution in [1.82, 2.24) is 10.6 Å². The van der Waals surface area contributed by atoms with E-state index >= 15 is 0 Å². The van der Waals surface area contributed by atoms with Crippen molar-refractivity contribution >= 4 is 23.5 Å². The largest absolute Gasteiger partial charge is 0.338 e. The van der Waals surface area contributed by atoms with E-state index in [4.69, 9.17) is 11.6 Å². The summed E-state index contributed by atoms with van der Waals surface area (Å²) in [6.07, 6.45) is 5.21. The average Bonchev–Trinajstić information content (AvgIpc) is 2.87. The molecule has 0 aromatic carbocycles. The van der Waals surface area contributed by atoms with Crippen LogP contribution in [0.3, 0.4) is 0 Å². The van der Waals surface area contributed by atoms with Gasteiger partial charge in [0.1, 0.15) is 5.38 Å². The second-order valence-electron chi connectivity index (χ2n) is 5.25. The van der Waals surface area contributed by atoms with Gasteiger partial charge in [0.25, 0.3) is 0 Å². The van der Waals surface area contributed by atoms with E-state index in [1.165, 1.54) is 25.7 Å². The molecule has 2 rings (SSSR count). The van der Waals surface area contributed by atoms with Crippen molar-refractivity contribution in [2.75, 3.05) is 6.54 Å². The number of carbonyl (C=O) groups is 2. The summed E-state index contributed by atoms with van der Waals surface area (Å²) in [5.74, 6) is 1.81. The van der Waals surface area contributed by atoms with E-state index in [9.17, 15) is 9.59 Å². The Morgan fingerprint density at radius 2 is 2.12 bits per heavy atom. The van der Waals surface area contributed by atoms with E-state index < -0.39 is 17.3 Å². The van der Waals surface area contributed by atoms with Gasteiger partial charge in [0.15, 0.2) is 0 Å². The molecular formula is C12H19ClN2O2. The quantitative estimate of drug-likeness (QED) is 0.760. The number of hydrogen-bond donors (Lipinski definition) is 2. The lowest BCUT2D eigenvalue weighted by atomic mass is 9.89. The third kappa shape index (κ3) is 3.12. The molecule has 17 heavy (non-hydrogen) atoms. The molecule has 0 radical (unpaired) electrons. The summed E-state index contributed by atoms with van der Waals surface area (Å²) in [4.78, 5) is 22.6. The molecule has 4 nitrogen and oxygen atoms in total. The first-order valence-electron chi connectivity index (χ1n) is 6.29. The molecule has 0 heterocycles. The molecule has 2 saturated carbocycles. The number of hydrogen-bond acceptors (Lipinski definition) is 2. The highest BCUT2D eigenvalue weighted by atomic mass is 35.5. The fraction of sp³-hybridized carbons (Fsp3) is 0.833. The second kappa shape index (κ2) is 5.25.